The number of aromatic nitrogens is 6. The van der Waals surface area contributed by atoms with Gasteiger partial charge in [-0.1, -0.05) is 23.9 Å². The number of tetrazole rings is 1. The van der Waals surface area contributed by atoms with E-state index in [-0.39, 0.29) is 11.2 Å². The maximum Gasteiger partial charge on any atom is 0.233 e. The molecule has 9 heteroatoms. The standard InChI is InChI=1S/C16H19N7OS/c1-10-5-4-6-14(7-10)23-16(20-21-22-23)25-12(3)15(24)17-9-13-8-11(2)18-19-13/h4-8,12H,9H2,1-3H3,(H,17,24)(H,18,19)/t12-/m1/s1. The molecule has 0 bridgehead atoms. The molecule has 0 saturated carbocycles. The second-order valence-corrected chi connectivity index (χ2v) is 7.04. The fraction of sp³-hybridized carbons (Fsp3) is 0.312. The molecule has 0 saturated heterocycles. The maximum atomic E-state index is 12.3. The van der Waals surface area contributed by atoms with Gasteiger partial charge in [-0.05, 0) is 55.0 Å². The van der Waals surface area contributed by atoms with Crippen molar-refractivity contribution in [2.75, 3.05) is 0 Å². The minimum atomic E-state index is -0.338. The molecule has 2 aromatic heterocycles. The van der Waals surface area contributed by atoms with E-state index in [4.69, 9.17) is 0 Å². The van der Waals surface area contributed by atoms with Crippen LogP contribution in [0.2, 0.25) is 0 Å². The van der Waals surface area contributed by atoms with E-state index in [0.29, 0.717) is 11.7 Å². The van der Waals surface area contributed by atoms with Gasteiger partial charge in [-0.2, -0.15) is 9.78 Å². The van der Waals surface area contributed by atoms with Crippen LogP contribution in [0.15, 0.2) is 35.5 Å². The van der Waals surface area contributed by atoms with Gasteiger partial charge in [0.25, 0.3) is 0 Å². The molecule has 0 spiro atoms. The topological polar surface area (TPSA) is 101 Å². The Hall–Kier alpha value is -2.68. The number of aromatic amines is 1. The zero-order valence-corrected chi connectivity index (χ0v) is 15.0. The summed E-state index contributed by atoms with van der Waals surface area (Å²) in [6, 6.07) is 9.77. The van der Waals surface area contributed by atoms with Crippen LogP contribution < -0.4 is 5.32 Å². The predicted octanol–water partition coefficient (Wildman–Crippen LogP) is 1.80. The number of thioether (sulfide) groups is 1. The van der Waals surface area contributed by atoms with Crippen LogP contribution in [0.3, 0.4) is 0 Å². The van der Waals surface area contributed by atoms with E-state index in [1.807, 2.05) is 51.1 Å². The number of aryl methyl sites for hydroxylation is 2. The third-order valence-electron chi connectivity index (χ3n) is 3.54. The van der Waals surface area contributed by atoms with Gasteiger partial charge < -0.3 is 5.32 Å². The summed E-state index contributed by atoms with van der Waals surface area (Å²) in [5, 5.41) is 21.9. The number of hydrogen-bond donors (Lipinski definition) is 2. The van der Waals surface area contributed by atoms with Crippen molar-refractivity contribution in [2.24, 2.45) is 0 Å². The van der Waals surface area contributed by atoms with E-state index in [1.54, 1.807) is 4.68 Å². The van der Waals surface area contributed by atoms with Crippen LogP contribution in [0.25, 0.3) is 5.69 Å². The van der Waals surface area contributed by atoms with E-state index in [2.05, 4.69) is 31.0 Å². The first-order valence-corrected chi connectivity index (χ1v) is 8.71. The summed E-state index contributed by atoms with van der Waals surface area (Å²) in [6.45, 7) is 6.14. The van der Waals surface area contributed by atoms with Crippen molar-refractivity contribution < 1.29 is 4.79 Å². The van der Waals surface area contributed by atoms with Crippen molar-refractivity contribution in [3.05, 3.63) is 47.3 Å². The highest BCUT2D eigenvalue weighted by atomic mass is 32.2. The van der Waals surface area contributed by atoms with Crippen molar-refractivity contribution in [1.29, 1.82) is 0 Å². The summed E-state index contributed by atoms with van der Waals surface area (Å²) in [5.41, 5.74) is 3.74. The molecule has 0 aliphatic carbocycles. The summed E-state index contributed by atoms with van der Waals surface area (Å²) in [5.74, 6) is -0.0931. The molecule has 1 atom stereocenters. The molecule has 130 valence electrons. The Morgan fingerprint density at radius 2 is 2.20 bits per heavy atom. The van der Waals surface area contributed by atoms with Gasteiger partial charge in [0.15, 0.2) is 0 Å². The van der Waals surface area contributed by atoms with Gasteiger partial charge in [-0.15, -0.1) is 5.10 Å². The molecule has 3 rings (SSSR count). The number of nitrogens with zero attached hydrogens (tertiary/aromatic N) is 5. The van der Waals surface area contributed by atoms with Crippen LogP contribution in [-0.2, 0) is 11.3 Å². The lowest BCUT2D eigenvalue weighted by molar-refractivity contribution is -0.120. The Bertz CT molecular complexity index is 873. The second-order valence-electron chi connectivity index (χ2n) is 5.73. The third-order valence-corrected chi connectivity index (χ3v) is 4.57. The molecule has 8 nitrogen and oxygen atoms in total. The van der Waals surface area contributed by atoms with Gasteiger partial charge in [0.2, 0.25) is 11.1 Å². The normalized spacial score (nSPS) is 12.1. The number of amides is 1. The Morgan fingerprint density at radius 3 is 2.92 bits per heavy atom. The van der Waals surface area contributed by atoms with Crippen LogP contribution in [0.5, 0.6) is 0 Å². The molecular formula is C16H19N7OS. The summed E-state index contributed by atoms with van der Waals surface area (Å²) in [7, 11) is 0. The molecule has 1 amide bonds. The number of hydrogen-bond acceptors (Lipinski definition) is 6. The summed E-state index contributed by atoms with van der Waals surface area (Å²) in [4.78, 5) is 12.3. The largest absolute Gasteiger partial charge is 0.349 e. The van der Waals surface area contributed by atoms with Gasteiger partial charge in [0.1, 0.15) is 0 Å². The van der Waals surface area contributed by atoms with Crippen LogP contribution in [0.4, 0.5) is 0 Å². The zero-order chi connectivity index (χ0) is 17.8. The van der Waals surface area contributed by atoms with E-state index >= 15 is 0 Å². The second kappa shape index (κ2) is 7.47. The number of nitrogens with one attached hydrogen (secondary N) is 2. The zero-order valence-electron chi connectivity index (χ0n) is 14.2. The van der Waals surface area contributed by atoms with Gasteiger partial charge in [0.05, 0.1) is 23.2 Å². The SMILES string of the molecule is Cc1cccc(-n2nnnc2S[C@H](C)C(=O)NCc2cc(C)[nH]n2)c1. The number of H-pyrrole nitrogens is 1. The van der Waals surface area contributed by atoms with Crippen LogP contribution in [0, 0.1) is 13.8 Å². The Balaban J connectivity index is 1.64. The van der Waals surface area contributed by atoms with Crippen molar-refractivity contribution in [3.63, 3.8) is 0 Å². The monoisotopic (exact) mass is 357 g/mol. The Morgan fingerprint density at radius 1 is 1.36 bits per heavy atom. The van der Waals surface area contributed by atoms with E-state index in [1.165, 1.54) is 11.8 Å². The number of carbonyl (C=O) groups is 1. The fourth-order valence-corrected chi connectivity index (χ4v) is 3.10. The maximum absolute atomic E-state index is 12.3. The van der Waals surface area contributed by atoms with E-state index < -0.39 is 0 Å². The molecule has 2 heterocycles. The molecule has 25 heavy (non-hydrogen) atoms. The Labute approximate surface area is 149 Å². The molecular weight excluding hydrogens is 338 g/mol. The molecule has 0 fully saturated rings. The lowest BCUT2D eigenvalue weighted by atomic mass is 10.2. The molecule has 0 unspecified atom stereocenters. The van der Waals surface area contributed by atoms with Crippen molar-refractivity contribution in [2.45, 2.75) is 37.7 Å². The molecule has 2 N–H and O–H groups in total. The highest BCUT2D eigenvalue weighted by molar-refractivity contribution is 8.00. The van der Waals surface area contributed by atoms with Crippen LogP contribution in [-0.4, -0.2) is 41.6 Å². The van der Waals surface area contributed by atoms with Crippen molar-refractivity contribution in [3.8, 4) is 5.69 Å². The van der Waals surface area contributed by atoms with Crippen LogP contribution in [0.1, 0.15) is 23.9 Å². The molecule has 0 aliphatic heterocycles. The highest BCUT2D eigenvalue weighted by Gasteiger charge is 2.19. The first-order chi connectivity index (χ1) is 12.0. The van der Waals surface area contributed by atoms with Gasteiger partial charge in [-0.25, -0.2) is 0 Å². The molecule has 0 aliphatic rings. The van der Waals surface area contributed by atoms with Gasteiger partial charge in [0, 0.05) is 5.69 Å². The molecule has 0 radical (unpaired) electrons. The summed E-state index contributed by atoms with van der Waals surface area (Å²) >= 11 is 1.31. The minimum absolute atomic E-state index is 0.0931. The van der Waals surface area contributed by atoms with Gasteiger partial charge >= 0.3 is 0 Å². The smallest absolute Gasteiger partial charge is 0.233 e. The van der Waals surface area contributed by atoms with Crippen molar-refractivity contribution >= 4 is 17.7 Å². The fourth-order valence-electron chi connectivity index (χ4n) is 2.27. The lowest BCUT2D eigenvalue weighted by Crippen LogP contribution is -2.30. The number of carbonyl (C=O) groups excluding carboxylic acids is 1. The van der Waals surface area contributed by atoms with E-state index in [9.17, 15) is 4.79 Å². The average molecular weight is 357 g/mol. The Kier molecular flexibility index (Phi) is 5.13. The number of benzene rings is 1. The third kappa shape index (κ3) is 4.24. The highest BCUT2D eigenvalue weighted by Crippen LogP contribution is 2.23. The molecule has 1 aromatic carbocycles. The summed E-state index contributed by atoms with van der Waals surface area (Å²) in [6.07, 6.45) is 0. The lowest BCUT2D eigenvalue weighted by Gasteiger charge is -2.11. The van der Waals surface area contributed by atoms with E-state index in [0.717, 1.165) is 22.6 Å². The van der Waals surface area contributed by atoms with Crippen LogP contribution >= 0.6 is 11.8 Å². The van der Waals surface area contributed by atoms with Crippen molar-refractivity contribution in [1.82, 2.24) is 35.7 Å². The summed E-state index contributed by atoms with van der Waals surface area (Å²) < 4.78 is 1.64. The van der Waals surface area contributed by atoms with Gasteiger partial charge in [-0.3, -0.25) is 9.89 Å². The minimum Gasteiger partial charge on any atom is -0.349 e. The first kappa shape index (κ1) is 17.2. The first-order valence-electron chi connectivity index (χ1n) is 7.83. The quantitative estimate of drug-likeness (QED) is 0.652. The predicted molar refractivity (Wildman–Crippen MR) is 94.4 cm³/mol. The number of rotatable bonds is 6. The molecule has 3 aromatic rings. The average Bonchev–Trinajstić information content (AvgIpc) is 3.21.